The molecule has 0 aromatic heterocycles. The van der Waals surface area contributed by atoms with Gasteiger partial charge in [-0.05, 0) is 96.1 Å². The van der Waals surface area contributed by atoms with Crippen LogP contribution in [0.4, 0.5) is 5.69 Å². The van der Waals surface area contributed by atoms with Crippen LogP contribution in [-0.4, -0.2) is 34.0 Å². The first-order chi connectivity index (χ1) is 15.3. The van der Waals surface area contributed by atoms with Crippen molar-refractivity contribution in [3.8, 4) is 5.75 Å². The third kappa shape index (κ3) is 6.46. The van der Waals surface area contributed by atoms with Gasteiger partial charge in [0, 0.05) is 3.57 Å². The molecule has 8 heteroatoms. The zero-order valence-electron chi connectivity index (χ0n) is 17.9. The van der Waals surface area contributed by atoms with Crippen molar-refractivity contribution in [1.29, 1.82) is 0 Å². The Balaban J connectivity index is 1.68. The third-order valence-corrected chi connectivity index (χ3v) is 7.13. The molecule has 0 atom stereocenters. The fraction of sp³-hybridized carbons (Fsp3) is 0.208. The zero-order valence-corrected chi connectivity index (χ0v) is 20.9. The Kier molecular flexibility index (Phi) is 8.14. The molecule has 0 unspecified atom stereocenters. The average molecular weight is 564 g/mol. The molecule has 3 rings (SSSR count). The molecule has 0 heterocycles. The summed E-state index contributed by atoms with van der Waals surface area (Å²) in [6.07, 6.45) is 0. The lowest BCUT2D eigenvalue weighted by Crippen LogP contribution is -2.41. The maximum Gasteiger partial charge on any atom is 0.264 e. The molecule has 0 spiro atoms. The lowest BCUT2D eigenvalue weighted by atomic mass is 10.1. The van der Waals surface area contributed by atoms with Crippen LogP contribution < -0.4 is 14.4 Å². The molecule has 0 aliphatic heterocycles. The Labute approximate surface area is 202 Å². The van der Waals surface area contributed by atoms with Crippen molar-refractivity contribution in [1.82, 2.24) is 5.32 Å². The van der Waals surface area contributed by atoms with Crippen molar-refractivity contribution in [3.05, 3.63) is 87.5 Å². The van der Waals surface area contributed by atoms with E-state index in [-0.39, 0.29) is 24.6 Å². The molecule has 0 bridgehead atoms. The van der Waals surface area contributed by atoms with Crippen molar-refractivity contribution in [2.75, 3.05) is 24.0 Å². The summed E-state index contributed by atoms with van der Waals surface area (Å²) < 4.78 is 34.3. The molecule has 0 fully saturated rings. The topological polar surface area (TPSA) is 75.7 Å². The minimum Gasteiger partial charge on any atom is -0.492 e. The van der Waals surface area contributed by atoms with E-state index < -0.39 is 15.9 Å². The monoisotopic (exact) mass is 564 g/mol. The Bertz CT molecular complexity index is 1150. The van der Waals surface area contributed by atoms with Gasteiger partial charge in [0.15, 0.2) is 0 Å². The minimum atomic E-state index is -3.91. The quantitative estimate of drug-likeness (QED) is 0.311. The zero-order chi connectivity index (χ0) is 23.1. The fourth-order valence-electron chi connectivity index (χ4n) is 3.20. The van der Waals surface area contributed by atoms with Gasteiger partial charge in [0.2, 0.25) is 5.91 Å². The highest BCUT2D eigenvalue weighted by atomic mass is 127. The fourth-order valence-corrected chi connectivity index (χ4v) is 5.01. The summed E-state index contributed by atoms with van der Waals surface area (Å²) in [4.78, 5) is 12.7. The highest BCUT2D eigenvalue weighted by molar-refractivity contribution is 14.1. The van der Waals surface area contributed by atoms with Crippen LogP contribution in [0.15, 0.2) is 77.7 Å². The van der Waals surface area contributed by atoms with Gasteiger partial charge >= 0.3 is 0 Å². The molecule has 3 aromatic rings. The van der Waals surface area contributed by atoms with E-state index in [9.17, 15) is 13.2 Å². The smallest absolute Gasteiger partial charge is 0.264 e. The number of sulfonamides is 1. The molecule has 0 saturated heterocycles. The largest absolute Gasteiger partial charge is 0.492 e. The van der Waals surface area contributed by atoms with Crippen LogP contribution in [0.25, 0.3) is 0 Å². The predicted octanol–water partition coefficient (Wildman–Crippen LogP) is 4.30. The van der Waals surface area contributed by atoms with Crippen LogP contribution in [0.2, 0.25) is 0 Å². The van der Waals surface area contributed by atoms with Gasteiger partial charge in [0.1, 0.15) is 18.9 Å². The molecule has 1 amide bonds. The number of carbonyl (C=O) groups is 1. The molecule has 0 radical (unpaired) electrons. The molecule has 0 saturated carbocycles. The number of hydrogen-bond acceptors (Lipinski definition) is 4. The second-order valence-electron chi connectivity index (χ2n) is 7.32. The number of ether oxygens (including phenoxy) is 1. The van der Waals surface area contributed by atoms with Crippen LogP contribution in [0, 0.1) is 17.4 Å². The molecular weight excluding hydrogens is 539 g/mol. The number of aryl methyl sites for hydroxylation is 2. The normalized spacial score (nSPS) is 11.1. The summed E-state index contributed by atoms with van der Waals surface area (Å²) in [7, 11) is -3.91. The number of hydrogen-bond donors (Lipinski definition) is 1. The first-order valence-corrected chi connectivity index (χ1v) is 12.6. The van der Waals surface area contributed by atoms with E-state index in [0.717, 1.165) is 24.8 Å². The predicted molar refractivity (Wildman–Crippen MR) is 135 cm³/mol. The Hall–Kier alpha value is -2.59. The lowest BCUT2D eigenvalue weighted by Gasteiger charge is -2.24. The Morgan fingerprint density at radius 1 is 0.969 bits per heavy atom. The minimum absolute atomic E-state index is 0.129. The summed E-state index contributed by atoms with van der Waals surface area (Å²) in [5.74, 6) is 0.330. The Morgan fingerprint density at radius 3 is 2.22 bits per heavy atom. The van der Waals surface area contributed by atoms with Gasteiger partial charge in [-0.3, -0.25) is 9.10 Å². The molecule has 1 N–H and O–H groups in total. The van der Waals surface area contributed by atoms with Gasteiger partial charge in [-0.2, -0.15) is 0 Å². The summed E-state index contributed by atoms with van der Waals surface area (Å²) in [5, 5.41) is 2.75. The van der Waals surface area contributed by atoms with Crippen molar-refractivity contribution in [3.63, 3.8) is 0 Å². The van der Waals surface area contributed by atoms with Gasteiger partial charge in [-0.25, -0.2) is 8.42 Å². The second-order valence-corrected chi connectivity index (χ2v) is 10.4. The van der Waals surface area contributed by atoms with Crippen LogP contribution in [0.1, 0.15) is 11.1 Å². The highest BCUT2D eigenvalue weighted by Crippen LogP contribution is 2.24. The number of benzene rings is 3. The molecule has 0 aliphatic carbocycles. The number of rotatable bonds is 9. The molecule has 32 heavy (non-hydrogen) atoms. The van der Waals surface area contributed by atoms with E-state index in [4.69, 9.17) is 4.74 Å². The average Bonchev–Trinajstić information content (AvgIpc) is 2.76. The molecule has 3 aromatic carbocycles. The third-order valence-electron chi connectivity index (χ3n) is 4.62. The molecule has 6 nitrogen and oxygen atoms in total. The van der Waals surface area contributed by atoms with E-state index >= 15 is 0 Å². The maximum atomic E-state index is 13.3. The molecular formula is C24H25IN2O4S. The highest BCUT2D eigenvalue weighted by Gasteiger charge is 2.27. The summed E-state index contributed by atoms with van der Waals surface area (Å²) in [6, 6.07) is 21.0. The molecule has 168 valence electrons. The SMILES string of the molecule is Cc1cc(C)cc(OCCNC(=O)CN(c2ccc(I)cc2)S(=O)(=O)c2ccccc2)c1. The van der Waals surface area contributed by atoms with Crippen molar-refractivity contribution in [2.45, 2.75) is 18.7 Å². The number of amides is 1. The van der Waals surface area contributed by atoms with Gasteiger partial charge in [-0.15, -0.1) is 0 Å². The van der Waals surface area contributed by atoms with E-state index in [0.29, 0.717) is 5.69 Å². The second kappa shape index (κ2) is 10.8. The number of carbonyl (C=O) groups excluding carboxylic acids is 1. The van der Waals surface area contributed by atoms with Crippen LogP contribution in [-0.2, 0) is 14.8 Å². The van der Waals surface area contributed by atoms with Gasteiger partial charge in [0.25, 0.3) is 10.0 Å². The summed E-state index contributed by atoms with van der Waals surface area (Å²) >= 11 is 2.15. The van der Waals surface area contributed by atoms with Crippen molar-refractivity contribution < 1.29 is 17.9 Å². The summed E-state index contributed by atoms with van der Waals surface area (Å²) in [6.45, 7) is 4.20. The molecule has 0 aliphatic rings. The van der Waals surface area contributed by atoms with Crippen LogP contribution >= 0.6 is 22.6 Å². The standard InChI is InChI=1S/C24H25IN2O4S/c1-18-14-19(2)16-22(15-18)31-13-12-26-24(28)17-27(21-10-8-20(25)9-11-21)32(29,30)23-6-4-3-5-7-23/h3-11,14-16H,12-13,17H2,1-2H3,(H,26,28). The van der Waals surface area contributed by atoms with E-state index in [2.05, 4.69) is 34.0 Å². The van der Waals surface area contributed by atoms with Crippen molar-refractivity contribution >= 4 is 44.2 Å². The van der Waals surface area contributed by atoms with Gasteiger partial charge < -0.3 is 10.1 Å². The summed E-state index contributed by atoms with van der Waals surface area (Å²) in [5.41, 5.74) is 2.63. The number of nitrogens with one attached hydrogen (secondary N) is 1. The Morgan fingerprint density at radius 2 is 1.59 bits per heavy atom. The maximum absolute atomic E-state index is 13.3. The lowest BCUT2D eigenvalue weighted by molar-refractivity contribution is -0.119. The number of anilines is 1. The van der Waals surface area contributed by atoms with Crippen LogP contribution in [0.5, 0.6) is 5.75 Å². The van der Waals surface area contributed by atoms with Crippen molar-refractivity contribution in [2.24, 2.45) is 0 Å². The van der Waals surface area contributed by atoms with E-state index in [1.807, 2.05) is 26.0 Å². The number of halogens is 1. The van der Waals surface area contributed by atoms with Gasteiger partial charge in [0.05, 0.1) is 17.1 Å². The van der Waals surface area contributed by atoms with E-state index in [1.54, 1.807) is 42.5 Å². The van der Waals surface area contributed by atoms with Crippen LogP contribution in [0.3, 0.4) is 0 Å². The first kappa shape index (κ1) is 24.1. The first-order valence-electron chi connectivity index (χ1n) is 10.1. The van der Waals surface area contributed by atoms with E-state index in [1.165, 1.54) is 12.1 Å². The van der Waals surface area contributed by atoms with Gasteiger partial charge in [-0.1, -0.05) is 24.3 Å². The number of nitrogens with zero attached hydrogens (tertiary/aromatic N) is 1.